The van der Waals surface area contributed by atoms with Crippen LogP contribution in [0.5, 0.6) is 5.88 Å². The van der Waals surface area contributed by atoms with Crippen LogP contribution in [0.1, 0.15) is 52.3 Å². The van der Waals surface area contributed by atoms with Crippen LogP contribution in [0, 0.1) is 11.3 Å². The van der Waals surface area contributed by atoms with Crippen molar-refractivity contribution in [3.8, 4) is 5.88 Å². The highest BCUT2D eigenvalue weighted by Gasteiger charge is 2.22. The Kier molecular flexibility index (Phi) is 5.08. The van der Waals surface area contributed by atoms with Gasteiger partial charge in [-0.1, -0.05) is 27.7 Å². The lowest BCUT2D eigenvalue weighted by Gasteiger charge is -2.24. The number of hydrogen-bond acceptors (Lipinski definition) is 4. The van der Waals surface area contributed by atoms with E-state index in [1.165, 1.54) is 0 Å². The molecule has 0 spiro atoms. The van der Waals surface area contributed by atoms with Gasteiger partial charge >= 0.3 is 0 Å². The molecule has 1 rings (SSSR count). The minimum atomic E-state index is -0.619. The monoisotopic (exact) mass is 252 g/mol. The molecule has 4 heteroatoms. The predicted molar refractivity (Wildman–Crippen MR) is 71.4 cm³/mol. The van der Waals surface area contributed by atoms with Gasteiger partial charge in [0.05, 0.1) is 7.11 Å². The van der Waals surface area contributed by atoms with E-state index in [4.69, 9.17) is 4.74 Å². The van der Waals surface area contributed by atoms with Crippen molar-refractivity contribution in [2.24, 2.45) is 11.3 Å². The molecule has 0 amide bonds. The van der Waals surface area contributed by atoms with Gasteiger partial charge < -0.3 is 9.84 Å². The zero-order valence-corrected chi connectivity index (χ0v) is 12.0. The number of aliphatic hydroxyl groups is 1. The molecule has 4 nitrogen and oxygen atoms in total. The van der Waals surface area contributed by atoms with Crippen LogP contribution in [0.25, 0.3) is 0 Å². The fourth-order valence-electron chi connectivity index (χ4n) is 2.34. The number of rotatable bonds is 5. The Bertz CT molecular complexity index is 374. The summed E-state index contributed by atoms with van der Waals surface area (Å²) in [6, 6.07) is 0. The second-order valence-electron chi connectivity index (χ2n) is 6.07. The van der Waals surface area contributed by atoms with E-state index in [1.54, 1.807) is 19.5 Å². The largest absolute Gasteiger partial charge is 0.480 e. The molecule has 1 heterocycles. The van der Waals surface area contributed by atoms with Gasteiger partial charge in [-0.3, -0.25) is 4.98 Å². The molecule has 0 fully saturated rings. The summed E-state index contributed by atoms with van der Waals surface area (Å²) in [6.45, 7) is 8.77. The summed E-state index contributed by atoms with van der Waals surface area (Å²) in [5.41, 5.74) is 0.798. The van der Waals surface area contributed by atoms with Crippen LogP contribution in [0.2, 0.25) is 0 Å². The van der Waals surface area contributed by atoms with Gasteiger partial charge in [-0.2, -0.15) is 0 Å². The van der Waals surface area contributed by atoms with Gasteiger partial charge in [-0.15, -0.1) is 0 Å². The molecule has 0 saturated heterocycles. The Morgan fingerprint density at radius 3 is 2.44 bits per heavy atom. The molecule has 0 bridgehead atoms. The summed E-state index contributed by atoms with van der Waals surface area (Å²) >= 11 is 0. The van der Waals surface area contributed by atoms with Crippen LogP contribution in [-0.2, 0) is 0 Å². The van der Waals surface area contributed by atoms with Crippen molar-refractivity contribution < 1.29 is 9.84 Å². The van der Waals surface area contributed by atoms with E-state index in [-0.39, 0.29) is 5.41 Å². The highest BCUT2D eigenvalue weighted by atomic mass is 16.5. The first-order chi connectivity index (χ1) is 8.33. The van der Waals surface area contributed by atoms with Crippen molar-refractivity contribution in [2.75, 3.05) is 7.11 Å². The summed E-state index contributed by atoms with van der Waals surface area (Å²) in [5, 5.41) is 10.2. The average molecular weight is 252 g/mol. The zero-order valence-electron chi connectivity index (χ0n) is 12.0. The molecule has 1 aromatic rings. The van der Waals surface area contributed by atoms with E-state index in [1.807, 2.05) is 0 Å². The SMILES string of the molecule is COc1nccnc1C(O)CC(C)CC(C)(C)C. The molecular weight excluding hydrogens is 228 g/mol. The summed E-state index contributed by atoms with van der Waals surface area (Å²) < 4.78 is 5.12. The highest BCUT2D eigenvalue weighted by molar-refractivity contribution is 5.19. The molecule has 1 aromatic heterocycles. The van der Waals surface area contributed by atoms with Crippen LogP contribution in [0.15, 0.2) is 12.4 Å². The Balaban J connectivity index is 2.67. The Morgan fingerprint density at radius 2 is 1.89 bits per heavy atom. The minimum absolute atomic E-state index is 0.269. The first-order valence-corrected chi connectivity index (χ1v) is 6.36. The van der Waals surface area contributed by atoms with Crippen molar-refractivity contribution in [3.63, 3.8) is 0 Å². The zero-order chi connectivity index (χ0) is 13.8. The van der Waals surface area contributed by atoms with Crippen LogP contribution in [0.3, 0.4) is 0 Å². The lowest BCUT2D eigenvalue weighted by Crippen LogP contribution is -2.14. The summed E-state index contributed by atoms with van der Waals surface area (Å²) in [4.78, 5) is 8.22. The van der Waals surface area contributed by atoms with Gasteiger partial charge in [-0.25, -0.2) is 4.98 Å². The Hall–Kier alpha value is -1.16. The number of aromatic nitrogens is 2. The number of aliphatic hydroxyl groups excluding tert-OH is 1. The first-order valence-electron chi connectivity index (χ1n) is 6.36. The topological polar surface area (TPSA) is 55.2 Å². The molecule has 0 saturated carbocycles. The second kappa shape index (κ2) is 6.14. The van der Waals surface area contributed by atoms with Crippen molar-refractivity contribution in [2.45, 2.75) is 46.6 Å². The number of ether oxygens (including phenoxy) is 1. The molecule has 102 valence electrons. The molecule has 0 radical (unpaired) electrons. The Labute approximate surface area is 109 Å². The summed E-state index contributed by atoms with van der Waals surface area (Å²) in [6.07, 6.45) is 4.26. The maximum Gasteiger partial charge on any atom is 0.238 e. The maximum atomic E-state index is 10.2. The van der Waals surface area contributed by atoms with Gasteiger partial charge in [0, 0.05) is 12.4 Å². The van der Waals surface area contributed by atoms with Crippen LogP contribution < -0.4 is 4.74 Å². The highest BCUT2D eigenvalue weighted by Crippen LogP contribution is 2.31. The minimum Gasteiger partial charge on any atom is -0.480 e. The molecule has 0 aliphatic rings. The number of hydrogen-bond donors (Lipinski definition) is 1. The van der Waals surface area contributed by atoms with Crippen molar-refractivity contribution in [3.05, 3.63) is 18.1 Å². The molecule has 2 atom stereocenters. The van der Waals surface area contributed by atoms with Gasteiger partial charge in [0.25, 0.3) is 0 Å². The smallest absolute Gasteiger partial charge is 0.238 e. The average Bonchev–Trinajstić information content (AvgIpc) is 2.26. The lowest BCUT2D eigenvalue weighted by atomic mass is 9.83. The normalized spacial score (nSPS) is 15.2. The summed E-state index contributed by atoms with van der Waals surface area (Å²) in [5.74, 6) is 0.833. The van der Waals surface area contributed by atoms with Crippen molar-refractivity contribution >= 4 is 0 Å². The predicted octanol–water partition coefficient (Wildman–Crippen LogP) is 2.98. The fraction of sp³-hybridized carbons (Fsp3) is 0.714. The van der Waals surface area contributed by atoms with E-state index in [0.717, 1.165) is 6.42 Å². The van der Waals surface area contributed by atoms with Crippen LogP contribution in [0.4, 0.5) is 0 Å². The lowest BCUT2D eigenvalue weighted by molar-refractivity contribution is 0.126. The fourth-order valence-corrected chi connectivity index (χ4v) is 2.34. The third-order valence-corrected chi connectivity index (χ3v) is 2.79. The van der Waals surface area contributed by atoms with E-state index >= 15 is 0 Å². The third-order valence-electron chi connectivity index (χ3n) is 2.79. The third kappa shape index (κ3) is 4.61. The number of nitrogens with zero attached hydrogens (tertiary/aromatic N) is 2. The van der Waals surface area contributed by atoms with E-state index < -0.39 is 6.10 Å². The molecule has 2 unspecified atom stereocenters. The molecule has 0 aromatic carbocycles. The molecule has 18 heavy (non-hydrogen) atoms. The molecule has 0 aliphatic heterocycles. The van der Waals surface area contributed by atoms with Gasteiger partial charge in [0.15, 0.2) is 0 Å². The van der Waals surface area contributed by atoms with E-state index in [9.17, 15) is 5.11 Å². The van der Waals surface area contributed by atoms with Gasteiger partial charge in [0.2, 0.25) is 5.88 Å². The first kappa shape index (κ1) is 14.9. The van der Waals surface area contributed by atoms with Gasteiger partial charge in [-0.05, 0) is 24.2 Å². The van der Waals surface area contributed by atoms with Crippen LogP contribution in [-0.4, -0.2) is 22.2 Å². The Morgan fingerprint density at radius 1 is 1.28 bits per heavy atom. The second-order valence-corrected chi connectivity index (χ2v) is 6.07. The standard InChI is InChI=1S/C14H24N2O2/c1-10(9-14(2,3)4)8-11(17)12-13(18-5)16-7-6-15-12/h6-7,10-11,17H,8-9H2,1-5H3. The molecule has 0 aliphatic carbocycles. The van der Waals surface area contributed by atoms with Crippen LogP contribution >= 0.6 is 0 Å². The van der Waals surface area contributed by atoms with E-state index in [0.29, 0.717) is 23.9 Å². The van der Waals surface area contributed by atoms with Crippen molar-refractivity contribution in [1.82, 2.24) is 9.97 Å². The number of methoxy groups -OCH3 is 1. The summed E-state index contributed by atoms with van der Waals surface area (Å²) in [7, 11) is 1.54. The maximum absolute atomic E-state index is 10.2. The van der Waals surface area contributed by atoms with Crippen molar-refractivity contribution in [1.29, 1.82) is 0 Å². The molecular formula is C14H24N2O2. The quantitative estimate of drug-likeness (QED) is 0.875. The van der Waals surface area contributed by atoms with Gasteiger partial charge in [0.1, 0.15) is 11.8 Å². The van der Waals surface area contributed by atoms with E-state index in [2.05, 4.69) is 37.7 Å². The molecule has 1 N–H and O–H groups in total.